The van der Waals surface area contributed by atoms with Gasteiger partial charge >= 0.3 is 0 Å². The van der Waals surface area contributed by atoms with Crippen molar-refractivity contribution in [2.24, 2.45) is 5.73 Å². The van der Waals surface area contributed by atoms with Gasteiger partial charge in [-0.3, -0.25) is 9.69 Å². The van der Waals surface area contributed by atoms with Crippen LogP contribution in [0.2, 0.25) is 0 Å². The molecule has 0 atom stereocenters. The average molecular weight is 291 g/mol. The van der Waals surface area contributed by atoms with E-state index in [4.69, 9.17) is 10.5 Å². The Morgan fingerprint density at radius 1 is 1.29 bits per heavy atom. The van der Waals surface area contributed by atoms with Crippen molar-refractivity contribution in [3.8, 4) is 5.75 Å². The van der Waals surface area contributed by atoms with Gasteiger partial charge in [0.2, 0.25) is 0 Å². The highest BCUT2D eigenvalue weighted by Gasteiger charge is 2.20. The molecule has 0 aliphatic carbocycles. The molecule has 2 rings (SSSR count). The highest BCUT2D eigenvalue weighted by molar-refractivity contribution is 5.77. The molecular formula is C16H25N3O2. The van der Waals surface area contributed by atoms with Crippen LogP contribution in [0.15, 0.2) is 24.3 Å². The molecule has 0 radical (unpaired) electrons. The SMILES string of the molecule is Cc1cccc(OCC(=O)N2CCN(CCCN)CC2)c1. The van der Waals surface area contributed by atoms with Gasteiger partial charge in [-0.15, -0.1) is 0 Å². The number of nitrogens with two attached hydrogens (primary N) is 1. The first-order valence-electron chi connectivity index (χ1n) is 7.58. The zero-order valence-corrected chi connectivity index (χ0v) is 12.8. The molecule has 0 unspecified atom stereocenters. The van der Waals surface area contributed by atoms with E-state index in [2.05, 4.69) is 4.90 Å². The van der Waals surface area contributed by atoms with Crippen LogP contribution in [-0.2, 0) is 4.79 Å². The van der Waals surface area contributed by atoms with Crippen LogP contribution >= 0.6 is 0 Å². The largest absolute Gasteiger partial charge is 0.484 e. The number of carbonyl (C=O) groups excluding carboxylic acids is 1. The van der Waals surface area contributed by atoms with Crippen molar-refractivity contribution >= 4 is 5.91 Å². The Bertz CT molecular complexity index is 457. The smallest absolute Gasteiger partial charge is 0.260 e. The first-order chi connectivity index (χ1) is 10.2. The number of rotatable bonds is 6. The minimum Gasteiger partial charge on any atom is -0.484 e. The molecule has 0 saturated carbocycles. The minimum atomic E-state index is 0.0648. The predicted molar refractivity (Wildman–Crippen MR) is 83.4 cm³/mol. The van der Waals surface area contributed by atoms with Gasteiger partial charge in [-0.2, -0.15) is 0 Å². The van der Waals surface area contributed by atoms with E-state index in [1.807, 2.05) is 36.1 Å². The Balaban J connectivity index is 1.72. The number of aryl methyl sites for hydroxylation is 1. The number of hydrogen-bond donors (Lipinski definition) is 1. The van der Waals surface area contributed by atoms with Crippen molar-refractivity contribution < 1.29 is 9.53 Å². The summed E-state index contributed by atoms with van der Waals surface area (Å²) in [5.74, 6) is 0.819. The number of nitrogens with zero attached hydrogens (tertiary/aromatic N) is 2. The topological polar surface area (TPSA) is 58.8 Å². The molecule has 1 aliphatic heterocycles. The highest BCUT2D eigenvalue weighted by atomic mass is 16.5. The molecular weight excluding hydrogens is 266 g/mol. The molecule has 116 valence electrons. The first kappa shape index (κ1) is 15.8. The maximum Gasteiger partial charge on any atom is 0.260 e. The van der Waals surface area contributed by atoms with Gasteiger partial charge in [-0.05, 0) is 44.1 Å². The molecule has 1 aliphatic rings. The van der Waals surface area contributed by atoms with Crippen molar-refractivity contribution in [1.82, 2.24) is 9.80 Å². The molecule has 0 spiro atoms. The molecule has 1 aromatic carbocycles. The average Bonchev–Trinajstić information content (AvgIpc) is 2.51. The zero-order valence-electron chi connectivity index (χ0n) is 12.8. The third-order valence-corrected chi connectivity index (χ3v) is 3.76. The maximum atomic E-state index is 12.1. The van der Waals surface area contributed by atoms with E-state index in [9.17, 15) is 4.79 Å². The van der Waals surface area contributed by atoms with Crippen LogP contribution in [-0.4, -0.2) is 61.6 Å². The fourth-order valence-electron chi connectivity index (χ4n) is 2.48. The van der Waals surface area contributed by atoms with Crippen molar-refractivity contribution in [2.45, 2.75) is 13.3 Å². The third-order valence-electron chi connectivity index (χ3n) is 3.76. The van der Waals surface area contributed by atoms with Crippen molar-refractivity contribution in [3.05, 3.63) is 29.8 Å². The second-order valence-corrected chi connectivity index (χ2v) is 5.47. The molecule has 1 amide bonds. The van der Waals surface area contributed by atoms with Crippen molar-refractivity contribution in [2.75, 3.05) is 45.9 Å². The molecule has 1 heterocycles. The molecule has 2 N–H and O–H groups in total. The first-order valence-corrected chi connectivity index (χ1v) is 7.58. The van der Waals surface area contributed by atoms with Crippen molar-refractivity contribution in [3.63, 3.8) is 0 Å². The normalized spacial score (nSPS) is 16.0. The molecule has 1 saturated heterocycles. The van der Waals surface area contributed by atoms with E-state index in [-0.39, 0.29) is 12.5 Å². The van der Waals surface area contributed by atoms with Gasteiger partial charge in [0.25, 0.3) is 5.91 Å². The number of hydrogen-bond acceptors (Lipinski definition) is 4. The lowest BCUT2D eigenvalue weighted by molar-refractivity contribution is -0.135. The van der Waals surface area contributed by atoms with Gasteiger partial charge in [0, 0.05) is 26.2 Å². The van der Waals surface area contributed by atoms with E-state index < -0.39 is 0 Å². The van der Waals surface area contributed by atoms with Crippen LogP contribution < -0.4 is 10.5 Å². The van der Waals surface area contributed by atoms with Crippen molar-refractivity contribution in [1.29, 1.82) is 0 Å². The Kier molecular flexibility index (Phi) is 6.02. The quantitative estimate of drug-likeness (QED) is 0.845. The van der Waals surface area contributed by atoms with E-state index in [1.54, 1.807) is 0 Å². The number of piperazine rings is 1. The fourth-order valence-corrected chi connectivity index (χ4v) is 2.48. The summed E-state index contributed by atoms with van der Waals surface area (Å²) in [7, 11) is 0. The lowest BCUT2D eigenvalue weighted by Gasteiger charge is -2.34. The number of ether oxygens (including phenoxy) is 1. The van der Waals surface area contributed by atoms with E-state index in [0.29, 0.717) is 0 Å². The summed E-state index contributed by atoms with van der Waals surface area (Å²) in [6.07, 6.45) is 1.02. The number of amides is 1. The molecule has 0 bridgehead atoms. The van der Waals surface area contributed by atoms with E-state index in [1.165, 1.54) is 0 Å². The monoisotopic (exact) mass is 291 g/mol. The fraction of sp³-hybridized carbons (Fsp3) is 0.562. The zero-order chi connectivity index (χ0) is 15.1. The molecule has 5 nitrogen and oxygen atoms in total. The lowest BCUT2D eigenvalue weighted by atomic mass is 10.2. The van der Waals surface area contributed by atoms with Gasteiger partial charge in [-0.1, -0.05) is 12.1 Å². The summed E-state index contributed by atoms with van der Waals surface area (Å²) >= 11 is 0. The standard InChI is InChI=1S/C16H25N3O2/c1-14-4-2-5-15(12-14)21-13-16(20)19-10-8-18(9-11-19)7-3-6-17/h2,4-5,12H,3,6-11,13,17H2,1H3. The number of carbonyl (C=O) groups is 1. The number of benzene rings is 1. The van der Waals surface area contributed by atoms with Gasteiger partial charge in [0.1, 0.15) is 5.75 Å². The van der Waals surface area contributed by atoms with Gasteiger partial charge in [0.15, 0.2) is 6.61 Å². The predicted octanol–water partition coefficient (Wildman–Crippen LogP) is 0.867. The van der Waals surface area contributed by atoms with Crippen LogP contribution in [0.4, 0.5) is 0 Å². The Hall–Kier alpha value is -1.59. The molecule has 5 heteroatoms. The van der Waals surface area contributed by atoms with Gasteiger partial charge in [0.05, 0.1) is 0 Å². The highest BCUT2D eigenvalue weighted by Crippen LogP contribution is 2.12. The van der Waals surface area contributed by atoms with Gasteiger partial charge in [-0.25, -0.2) is 0 Å². The summed E-state index contributed by atoms with van der Waals surface area (Å²) in [5, 5.41) is 0. The second-order valence-electron chi connectivity index (χ2n) is 5.47. The maximum absolute atomic E-state index is 12.1. The summed E-state index contributed by atoms with van der Waals surface area (Å²) in [6, 6.07) is 7.77. The van der Waals surface area contributed by atoms with Gasteiger partial charge < -0.3 is 15.4 Å². The Morgan fingerprint density at radius 2 is 2.05 bits per heavy atom. The van der Waals surface area contributed by atoms with Crippen LogP contribution in [0.3, 0.4) is 0 Å². The van der Waals surface area contributed by atoms with Crippen LogP contribution in [0.1, 0.15) is 12.0 Å². The summed E-state index contributed by atoms with van der Waals surface area (Å²) in [5.41, 5.74) is 6.65. The lowest BCUT2D eigenvalue weighted by Crippen LogP contribution is -2.50. The van der Waals surface area contributed by atoms with E-state index >= 15 is 0 Å². The second kappa shape index (κ2) is 8.00. The third kappa shape index (κ3) is 5.02. The summed E-state index contributed by atoms with van der Waals surface area (Å²) < 4.78 is 5.57. The molecule has 1 aromatic rings. The van der Waals surface area contributed by atoms with Crippen LogP contribution in [0, 0.1) is 6.92 Å². The summed E-state index contributed by atoms with van der Waals surface area (Å²) in [6.45, 7) is 7.29. The van der Waals surface area contributed by atoms with Crippen LogP contribution in [0.5, 0.6) is 5.75 Å². The molecule has 21 heavy (non-hydrogen) atoms. The van der Waals surface area contributed by atoms with Crippen LogP contribution in [0.25, 0.3) is 0 Å². The summed E-state index contributed by atoms with van der Waals surface area (Å²) in [4.78, 5) is 16.4. The molecule has 1 fully saturated rings. The molecule has 0 aromatic heterocycles. The Labute approximate surface area is 126 Å². The Morgan fingerprint density at radius 3 is 2.71 bits per heavy atom. The minimum absolute atomic E-state index is 0.0648. The van der Waals surface area contributed by atoms with E-state index in [0.717, 1.165) is 57.0 Å².